The van der Waals surface area contributed by atoms with Crippen LogP contribution in [-0.4, -0.2) is 31.1 Å². The van der Waals surface area contributed by atoms with E-state index in [4.69, 9.17) is 13.9 Å². The first-order valence-electron chi connectivity index (χ1n) is 7.77. The summed E-state index contributed by atoms with van der Waals surface area (Å²) in [6.07, 6.45) is 1.98. The Bertz CT molecular complexity index is 762. The first-order chi connectivity index (χ1) is 12.0. The molecule has 8 heteroatoms. The molecule has 0 fully saturated rings. The normalized spacial score (nSPS) is 10.4. The minimum Gasteiger partial charge on any atom is -0.462 e. The Morgan fingerprint density at radius 2 is 1.96 bits per heavy atom. The molecule has 1 amide bonds. The fourth-order valence-corrected chi connectivity index (χ4v) is 3.42. The first kappa shape index (κ1) is 18.7. The van der Waals surface area contributed by atoms with E-state index in [9.17, 15) is 14.4 Å². The molecule has 0 aromatic carbocycles. The van der Waals surface area contributed by atoms with Gasteiger partial charge in [-0.05, 0) is 38.0 Å². The molecule has 0 bridgehead atoms. The molecule has 0 atom stereocenters. The molecule has 1 N–H and O–H groups in total. The summed E-state index contributed by atoms with van der Waals surface area (Å²) in [7, 11) is 0. The third-order valence-corrected chi connectivity index (χ3v) is 4.41. The third-order valence-electron chi connectivity index (χ3n) is 3.35. The zero-order chi connectivity index (χ0) is 18.4. The topological polar surface area (TPSA) is 94.8 Å². The Kier molecular flexibility index (Phi) is 6.35. The van der Waals surface area contributed by atoms with E-state index >= 15 is 0 Å². The standard InChI is InChI=1S/C17H19NO6S/c1-4-11-10(3)25-15(14(11)17(21)22-5-2)18-13(19)9-24-16(20)12-7-6-8-23-12/h6-8H,4-5,9H2,1-3H3,(H,18,19). The fraction of sp³-hybridized carbons (Fsp3) is 0.353. The number of hydrogen-bond donors (Lipinski definition) is 1. The van der Waals surface area contributed by atoms with Crippen LogP contribution in [0.15, 0.2) is 22.8 Å². The second kappa shape index (κ2) is 8.48. The van der Waals surface area contributed by atoms with Crippen molar-refractivity contribution in [2.24, 2.45) is 0 Å². The van der Waals surface area contributed by atoms with Gasteiger partial charge in [0.15, 0.2) is 6.61 Å². The number of amides is 1. The molecule has 134 valence electrons. The molecule has 0 saturated carbocycles. The van der Waals surface area contributed by atoms with Crippen LogP contribution in [0.5, 0.6) is 0 Å². The minimum absolute atomic E-state index is 0.0141. The summed E-state index contributed by atoms with van der Waals surface area (Å²) in [6, 6.07) is 2.98. The van der Waals surface area contributed by atoms with Crippen molar-refractivity contribution < 1.29 is 28.3 Å². The van der Waals surface area contributed by atoms with Crippen LogP contribution in [0.3, 0.4) is 0 Å². The largest absolute Gasteiger partial charge is 0.462 e. The predicted octanol–water partition coefficient (Wildman–Crippen LogP) is 3.18. The van der Waals surface area contributed by atoms with Gasteiger partial charge in [0.2, 0.25) is 5.76 Å². The van der Waals surface area contributed by atoms with Crippen molar-refractivity contribution in [3.63, 3.8) is 0 Å². The van der Waals surface area contributed by atoms with Gasteiger partial charge in [-0.15, -0.1) is 11.3 Å². The number of nitrogens with one attached hydrogen (secondary N) is 1. The summed E-state index contributed by atoms with van der Waals surface area (Å²) in [5.41, 5.74) is 1.20. The van der Waals surface area contributed by atoms with E-state index in [0.717, 1.165) is 10.4 Å². The highest BCUT2D eigenvalue weighted by Gasteiger charge is 2.24. The molecule has 0 aliphatic carbocycles. The molecule has 0 unspecified atom stereocenters. The lowest BCUT2D eigenvalue weighted by molar-refractivity contribution is -0.119. The number of carbonyl (C=O) groups excluding carboxylic acids is 3. The number of aryl methyl sites for hydroxylation is 1. The van der Waals surface area contributed by atoms with Crippen molar-refractivity contribution in [2.75, 3.05) is 18.5 Å². The monoisotopic (exact) mass is 365 g/mol. The molecule has 2 rings (SSSR count). The molecule has 25 heavy (non-hydrogen) atoms. The van der Waals surface area contributed by atoms with Crippen molar-refractivity contribution in [3.05, 3.63) is 40.2 Å². The molecule has 0 aliphatic heterocycles. The van der Waals surface area contributed by atoms with Gasteiger partial charge in [0.05, 0.1) is 18.4 Å². The number of ether oxygens (including phenoxy) is 2. The van der Waals surface area contributed by atoms with Gasteiger partial charge < -0.3 is 19.2 Å². The molecule has 0 aliphatic rings. The summed E-state index contributed by atoms with van der Waals surface area (Å²) in [5.74, 6) is -1.75. The van der Waals surface area contributed by atoms with Crippen LogP contribution in [0.1, 0.15) is 45.2 Å². The average Bonchev–Trinajstić information content (AvgIpc) is 3.20. The molecule has 0 spiro atoms. The number of thiophene rings is 1. The number of anilines is 1. The summed E-state index contributed by atoms with van der Waals surface area (Å²) >= 11 is 1.29. The average molecular weight is 365 g/mol. The number of hydrogen-bond acceptors (Lipinski definition) is 7. The van der Waals surface area contributed by atoms with Crippen molar-refractivity contribution in [1.29, 1.82) is 0 Å². The number of furan rings is 1. The van der Waals surface area contributed by atoms with Crippen molar-refractivity contribution in [3.8, 4) is 0 Å². The Hall–Kier alpha value is -2.61. The Balaban J connectivity index is 2.07. The van der Waals surface area contributed by atoms with Gasteiger partial charge in [-0.25, -0.2) is 9.59 Å². The Morgan fingerprint density at radius 1 is 1.20 bits per heavy atom. The van der Waals surface area contributed by atoms with Gasteiger partial charge in [-0.1, -0.05) is 6.92 Å². The van der Waals surface area contributed by atoms with Crippen molar-refractivity contribution >= 4 is 34.2 Å². The molecule has 2 aromatic heterocycles. The number of rotatable bonds is 7. The summed E-state index contributed by atoms with van der Waals surface area (Å²) < 4.78 is 14.8. The van der Waals surface area contributed by atoms with E-state index in [1.807, 2.05) is 13.8 Å². The van der Waals surface area contributed by atoms with Gasteiger partial charge in [0.25, 0.3) is 5.91 Å². The van der Waals surface area contributed by atoms with E-state index in [1.165, 1.54) is 23.7 Å². The van der Waals surface area contributed by atoms with E-state index in [0.29, 0.717) is 17.0 Å². The maximum Gasteiger partial charge on any atom is 0.374 e. The van der Waals surface area contributed by atoms with E-state index in [-0.39, 0.29) is 12.4 Å². The van der Waals surface area contributed by atoms with Crippen LogP contribution in [0.25, 0.3) is 0 Å². The second-order valence-electron chi connectivity index (χ2n) is 5.02. The quantitative estimate of drug-likeness (QED) is 0.757. The SMILES string of the molecule is CCOC(=O)c1c(NC(=O)COC(=O)c2ccco2)sc(C)c1CC. The maximum atomic E-state index is 12.2. The van der Waals surface area contributed by atoms with E-state index in [2.05, 4.69) is 5.32 Å². The van der Waals surface area contributed by atoms with Gasteiger partial charge in [-0.2, -0.15) is 0 Å². The summed E-state index contributed by atoms with van der Waals surface area (Å²) in [5, 5.41) is 3.01. The summed E-state index contributed by atoms with van der Waals surface area (Å²) in [6.45, 7) is 5.27. The molecule has 2 heterocycles. The van der Waals surface area contributed by atoms with E-state index in [1.54, 1.807) is 13.0 Å². The lowest BCUT2D eigenvalue weighted by Crippen LogP contribution is -2.21. The van der Waals surface area contributed by atoms with Gasteiger partial charge in [0, 0.05) is 4.88 Å². The first-order valence-corrected chi connectivity index (χ1v) is 8.59. The highest BCUT2D eigenvalue weighted by atomic mass is 32.1. The van der Waals surface area contributed by atoms with Crippen LogP contribution in [-0.2, 0) is 20.7 Å². The van der Waals surface area contributed by atoms with Crippen LogP contribution < -0.4 is 5.32 Å². The van der Waals surface area contributed by atoms with Crippen LogP contribution in [0, 0.1) is 6.92 Å². The highest BCUT2D eigenvalue weighted by Crippen LogP contribution is 2.34. The molecule has 0 radical (unpaired) electrons. The highest BCUT2D eigenvalue weighted by molar-refractivity contribution is 7.16. The second-order valence-corrected chi connectivity index (χ2v) is 6.24. The maximum absolute atomic E-state index is 12.2. The molecular weight excluding hydrogens is 346 g/mol. The Morgan fingerprint density at radius 3 is 2.56 bits per heavy atom. The van der Waals surface area contributed by atoms with Crippen molar-refractivity contribution in [2.45, 2.75) is 27.2 Å². The predicted molar refractivity (Wildman–Crippen MR) is 92.0 cm³/mol. The Labute approximate surface area is 148 Å². The summed E-state index contributed by atoms with van der Waals surface area (Å²) in [4.78, 5) is 36.8. The lowest BCUT2D eigenvalue weighted by Gasteiger charge is -2.08. The third kappa shape index (κ3) is 4.48. The van der Waals surface area contributed by atoms with Crippen molar-refractivity contribution in [1.82, 2.24) is 0 Å². The van der Waals surface area contributed by atoms with Gasteiger partial charge in [0.1, 0.15) is 5.00 Å². The minimum atomic E-state index is -0.734. The zero-order valence-corrected chi connectivity index (χ0v) is 15.0. The van der Waals surface area contributed by atoms with Gasteiger partial charge in [-0.3, -0.25) is 4.79 Å². The molecule has 2 aromatic rings. The smallest absolute Gasteiger partial charge is 0.374 e. The lowest BCUT2D eigenvalue weighted by atomic mass is 10.1. The molecular formula is C17H19NO6S. The number of carbonyl (C=O) groups is 3. The van der Waals surface area contributed by atoms with E-state index < -0.39 is 24.5 Å². The fourth-order valence-electron chi connectivity index (χ4n) is 2.27. The molecule has 0 saturated heterocycles. The zero-order valence-electron chi connectivity index (χ0n) is 14.2. The van der Waals surface area contributed by atoms with Crippen LogP contribution in [0.4, 0.5) is 5.00 Å². The van der Waals surface area contributed by atoms with Crippen LogP contribution in [0.2, 0.25) is 0 Å². The molecule has 7 nitrogen and oxygen atoms in total. The van der Waals surface area contributed by atoms with Gasteiger partial charge >= 0.3 is 11.9 Å². The van der Waals surface area contributed by atoms with Crippen LogP contribution >= 0.6 is 11.3 Å². The number of esters is 2.